The van der Waals surface area contributed by atoms with Gasteiger partial charge in [0.1, 0.15) is 0 Å². The van der Waals surface area contributed by atoms with Crippen molar-refractivity contribution in [2.75, 3.05) is 19.6 Å². The topological polar surface area (TPSA) is 15.3 Å². The lowest BCUT2D eigenvalue weighted by Crippen LogP contribution is -2.53. The highest BCUT2D eigenvalue weighted by molar-refractivity contribution is 5.08. The highest BCUT2D eigenvalue weighted by atomic mass is 19.3. The monoisotopic (exact) mass is 188 g/mol. The molecule has 2 heterocycles. The molecular formula is C9H14F2N2. The maximum absolute atomic E-state index is 13.6. The van der Waals surface area contributed by atoms with Gasteiger partial charge in [0.25, 0.3) is 5.92 Å². The first-order valence-corrected chi connectivity index (χ1v) is 5.04. The molecule has 2 unspecified atom stereocenters. The summed E-state index contributed by atoms with van der Waals surface area (Å²) >= 11 is 0. The Kier molecular flexibility index (Phi) is 1.51. The Labute approximate surface area is 76.3 Å². The molecule has 2 atom stereocenters. The summed E-state index contributed by atoms with van der Waals surface area (Å²) in [5.74, 6) is -2.87. The van der Waals surface area contributed by atoms with Gasteiger partial charge in [-0.25, -0.2) is 8.78 Å². The number of rotatable bonds is 1. The van der Waals surface area contributed by atoms with Crippen LogP contribution in [0.15, 0.2) is 0 Å². The molecule has 0 spiro atoms. The maximum Gasteiger partial charge on any atom is 0.269 e. The van der Waals surface area contributed by atoms with Gasteiger partial charge in [0.2, 0.25) is 0 Å². The van der Waals surface area contributed by atoms with Crippen molar-refractivity contribution in [1.82, 2.24) is 10.2 Å². The number of piperidine rings is 1. The number of halogens is 2. The molecule has 2 nitrogen and oxygen atoms in total. The predicted molar refractivity (Wildman–Crippen MR) is 44.8 cm³/mol. The largest absolute Gasteiger partial charge is 0.314 e. The SMILES string of the molecule is FC1(F)C2CNCC1N(C1CC1)C2. The average molecular weight is 188 g/mol. The van der Waals surface area contributed by atoms with E-state index < -0.39 is 17.9 Å². The van der Waals surface area contributed by atoms with Crippen molar-refractivity contribution in [3.8, 4) is 0 Å². The van der Waals surface area contributed by atoms with Gasteiger partial charge < -0.3 is 5.32 Å². The smallest absolute Gasteiger partial charge is 0.269 e. The summed E-state index contributed by atoms with van der Waals surface area (Å²) in [6.07, 6.45) is 2.25. The van der Waals surface area contributed by atoms with E-state index in [9.17, 15) is 8.78 Å². The maximum atomic E-state index is 13.6. The normalized spacial score (nSPS) is 43.8. The standard InChI is InChI=1S/C9H14F2N2/c10-9(11)6-3-12-4-8(9)13(5-6)7-1-2-7/h6-8,12H,1-5H2. The molecule has 2 bridgehead atoms. The van der Waals surface area contributed by atoms with Crippen LogP contribution in [-0.2, 0) is 0 Å². The van der Waals surface area contributed by atoms with Gasteiger partial charge >= 0.3 is 0 Å². The molecular weight excluding hydrogens is 174 g/mol. The third kappa shape index (κ3) is 1.05. The lowest BCUT2D eigenvalue weighted by atomic mass is 9.97. The van der Waals surface area contributed by atoms with Crippen LogP contribution in [0.1, 0.15) is 12.8 Å². The highest BCUT2D eigenvalue weighted by Gasteiger charge is 2.60. The van der Waals surface area contributed by atoms with E-state index in [1.165, 1.54) is 0 Å². The number of likely N-dealkylation sites (tertiary alicyclic amines) is 1. The van der Waals surface area contributed by atoms with Crippen LogP contribution in [-0.4, -0.2) is 42.5 Å². The number of nitrogens with zero attached hydrogens (tertiary/aromatic N) is 1. The molecule has 3 aliphatic rings. The predicted octanol–water partition coefficient (Wildman–Crippen LogP) is 0.688. The molecule has 2 saturated heterocycles. The van der Waals surface area contributed by atoms with Crippen LogP contribution < -0.4 is 5.32 Å². The molecule has 2 aliphatic heterocycles. The van der Waals surface area contributed by atoms with Crippen molar-refractivity contribution in [3.63, 3.8) is 0 Å². The lowest BCUT2D eigenvalue weighted by molar-refractivity contribution is -0.0771. The van der Waals surface area contributed by atoms with Gasteiger partial charge in [0, 0.05) is 31.6 Å². The lowest BCUT2D eigenvalue weighted by Gasteiger charge is -2.32. The highest BCUT2D eigenvalue weighted by Crippen LogP contribution is 2.45. The molecule has 0 radical (unpaired) electrons. The van der Waals surface area contributed by atoms with E-state index in [1.54, 1.807) is 0 Å². The third-order valence-electron chi connectivity index (χ3n) is 3.56. The van der Waals surface area contributed by atoms with Gasteiger partial charge in [-0.3, -0.25) is 4.90 Å². The van der Waals surface area contributed by atoms with Crippen LogP contribution in [0.3, 0.4) is 0 Å². The molecule has 0 amide bonds. The van der Waals surface area contributed by atoms with Gasteiger partial charge in [-0.15, -0.1) is 0 Å². The first-order chi connectivity index (χ1) is 6.19. The van der Waals surface area contributed by atoms with Crippen LogP contribution in [0.25, 0.3) is 0 Å². The van der Waals surface area contributed by atoms with Crippen LogP contribution >= 0.6 is 0 Å². The minimum Gasteiger partial charge on any atom is -0.314 e. The average Bonchev–Trinajstić information content (AvgIpc) is 2.87. The Morgan fingerprint density at radius 3 is 2.62 bits per heavy atom. The van der Waals surface area contributed by atoms with E-state index in [0.29, 0.717) is 25.7 Å². The summed E-state index contributed by atoms with van der Waals surface area (Å²) < 4.78 is 27.2. The number of nitrogens with one attached hydrogen (secondary N) is 1. The fourth-order valence-corrected chi connectivity index (χ4v) is 2.65. The first-order valence-electron chi connectivity index (χ1n) is 5.04. The van der Waals surface area contributed by atoms with E-state index >= 15 is 0 Å². The minimum atomic E-state index is -2.44. The van der Waals surface area contributed by atoms with Gasteiger partial charge in [0.05, 0.1) is 6.04 Å². The van der Waals surface area contributed by atoms with Crippen molar-refractivity contribution in [1.29, 1.82) is 0 Å². The van der Waals surface area contributed by atoms with Gasteiger partial charge in [-0.1, -0.05) is 0 Å². The molecule has 3 fully saturated rings. The molecule has 0 aromatic carbocycles. The van der Waals surface area contributed by atoms with Crippen molar-refractivity contribution in [2.24, 2.45) is 5.92 Å². The molecule has 1 aliphatic carbocycles. The van der Waals surface area contributed by atoms with Gasteiger partial charge in [0.15, 0.2) is 0 Å². The zero-order chi connectivity index (χ0) is 9.05. The fraction of sp³-hybridized carbons (Fsp3) is 1.00. The molecule has 74 valence electrons. The van der Waals surface area contributed by atoms with E-state index in [4.69, 9.17) is 0 Å². The van der Waals surface area contributed by atoms with Crippen molar-refractivity contribution >= 4 is 0 Å². The second kappa shape index (κ2) is 2.42. The fourth-order valence-electron chi connectivity index (χ4n) is 2.65. The third-order valence-corrected chi connectivity index (χ3v) is 3.56. The van der Waals surface area contributed by atoms with E-state index in [0.717, 1.165) is 12.8 Å². The summed E-state index contributed by atoms with van der Waals surface area (Å²) in [4.78, 5) is 2.03. The van der Waals surface area contributed by atoms with Crippen LogP contribution in [0.4, 0.5) is 8.78 Å². The van der Waals surface area contributed by atoms with Crippen molar-refractivity contribution < 1.29 is 8.78 Å². The zero-order valence-electron chi connectivity index (χ0n) is 7.47. The Morgan fingerprint density at radius 2 is 2.00 bits per heavy atom. The first kappa shape index (κ1) is 8.12. The zero-order valence-corrected chi connectivity index (χ0v) is 7.47. The summed E-state index contributed by atoms with van der Waals surface area (Å²) in [5.41, 5.74) is 0. The summed E-state index contributed by atoms with van der Waals surface area (Å²) in [6, 6.07) is -0.0421. The molecule has 1 N–H and O–H groups in total. The minimum absolute atomic E-state index is 0.438. The van der Waals surface area contributed by atoms with Crippen LogP contribution in [0, 0.1) is 5.92 Å². The quantitative estimate of drug-likeness (QED) is 0.651. The van der Waals surface area contributed by atoms with E-state index in [1.807, 2.05) is 4.90 Å². The molecule has 4 heteroatoms. The van der Waals surface area contributed by atoms with Crippen LogP contribution in [0.2, 0.25) is 0 Å². The number of hydrogen-bond donors (Lipinski definition) is 1. The molecule has 1 saturated carbocycles. The van der Waals surface area contributed by atoms with Gasteiger partial charge in [-0.2, -0.15) is 0 Å². The second-order valence-corrected chi connectivity index (χ2v) is 4.47. The Balaban J connectivity index is 1.87. The number of fused-ring (bicyclic) bond motifs is 2. The molecule has 0 aromatic heterocycles. The molecule has 13 heavy (non-hydrogen) atoms. The molecule has 0 aromatic rings. The van der Waals surface area contributed by atoms with Crippen LogP contribution in [0.5, 0.6) is 0 Å². The van der Waals surface area contributed by atoms with Crippen molar-refractivity contribution in [2.45, 2.75) is 30.8 Å². The van der Waals surface area contributed by atoms with E-state index in [2.05, 4.69) is 5.32 Å². The summed E-state index contributed by atoms with van der Waals surface area (Å²) in [6.45, 7) is 1.57. The summed E-state index contributed by atoms with van der Waals surface area (Å²) in [5, 5.41) is 3.09. The van der Waals surface area contributed by atoms with E-state index in [-0.39, 0.29) is 0 Å². The Hall–Kier alpha value is -0.220. The Morgan fingerprint density at radius 1 is 1.23 bits per heavy atom. The van der Waals surface area contributed by atoms with Crippen molar-refractivity contribution in [3.05, 3.63) is 0 Å². The summed E-state index contributed by atoms with van der Waals surface area (Å²) in [7, 11) is 0. The second-order valence-electron chi connectivity index (χ2n) is 4.47. The number of hydrogen-bond acceptors (Lipinski definition) is 2. The Bertz CT molecular complexity index is 228. The number of alkyl halides is 2. The van der Waals surface area contributed by atoms with Gasteiger partial charge in [-0.05, 0) is 12.8 Å². The molecule has 3 rings (SSSR count).